The minimum atomic E-state index is -0.262. The molecule has 0 saturated carbocycles. The first kappa shape index (κ1) is 9.06. The van der Waals surface area contributed by atoms with Crippen LogP contribution in [0.1, 0.15) is 18.4 Å². The third kappa shape index (κ3) is 1.71. The molecule has 3 nitrogen and oxygen atoms in total. The molecule has 0 unspecified atom stereocenters. The predicted octanol–water partition coefficient (Wildman–Crippen LogP) is 1.29. The number of nitrogens with two attached hydrogens (primary N) is 1. The molecule has 1 atom stereocenters. The molecule has 0 spiro atoms. The van der Waals surface area contributed by atoms with Gasteiger partial charge < -0.3 is 11.1 Å². The van der Waals surface area contributed by atoms with Crippen molar-refractivity contribution in [1.29, 1.82) is 0 Å². The third-order valence-electron chi connectivity index (χ3n) is 2.63. The van der Waals surface area contributed by atoms with Gasteiger partial charge in [-0.1, -0.05) is 18.2 Å². The quantitative estimate of drug-likeness (QED) is 0.701. The molecule has 0 saturated heterocycles. The molecular weight excluding hydrogens is 176 g/mol. The summed E-state index contributed by atoms with van der Waals surface area (Å²) in [7, 11) is 0. The van der Waals surface area contributed by atoms with Gasteiger partial charge in [-0.15, -0.1) is 0 Å². The Hall–Kier alpha value is -1.51. The fourth-order valence-corrected chi connectivity index (χ4v) is 1.85. The maximum atomic E-state index is 11.1. The highest BCUT2D eigenvalue weighted by atomic mass is 16.1. The second-order valence-electron chi connectivity index (χ2n) is 3.65. The molecule has 0 radical (unpaired) electrons. The maximum absolute atomic E-state index is 11.1. The van der Waals surface area contributed by atoms with Crippen LogP contribution >= 0.6 is 0 Å². The summed E-state index contributed by atoms with van der Waals surface area (Å²) < 4.78 is 0. The molecule has 14 heavy (non-hydrogen) atoms. The van der Waals surface area contributed by atoms with Crippen LogP contribution in [-0.4, -0.2) is 11.9 Å². The molecule has 0 aromatic heterocycles. The topological polar surface area (TPSA) is 55.1 Å². The Kier molecular flexibility index (Phi) is 2.39. The second kappa shape index (κ2) is 3.70. The Morgan fingerprint density at radius 1 is 1.43 bits per heavy atom. The van der Waals surface area contributed by atoms with Crippen molar-refractivity contribution in [2.24, 2.45) is 5.73 Å². The Morgan fingerprint density at radius 2 is 2.21 bits per heavy atom. The van der Waals surface area contributed by atoms with Gasteiger partial charge in [0.25, 0.3) is 0 Å². The number of amides is 1. The van der Waals surface area contributed by atoms with Crippen LogP contribution in [0, 0.1) is 0 Å². The van der Waals surface area contributed by atoms with Gasteiger partial charge in [0.2, 0.25) is 5.91 Å². The van der Waals surface area contributed by atoms with Crippen molar-refractivity contribution in [1.82, 2.24) is 0 Å². The van der Waals surface area contributed by atoms with Gasteiger partial charge in [-0.3, -0.25) is 4.79 Å². The summed E-state index contributed by atoms with van der Waals surface area (Å²) in [4.78, 5) is 11.1. The molecule has 1 aromatic rings. The summed E-state index contributed by atoms with van der Waals surface area (Å²) in [6, 6.07) is 7.86. The smallest absolute Gasteiger partial charge is 0.239 e. The van der Waals surface area contributed by atoms with Crippen LogP contribution in [-0.2, 0) is 11.2 Å². The Bertz CT molecular complexity index is 349. The summed E-state index contributed by atoms with van der Waals surface area (Å²) in [5, 5.41) is 3.18. The number of primary amides is 1. The first-order chi connectivity index (χ1) is 6.77. The largest absolute Gasteiger partial charge is 0.373 e. The number of carbonyl (C=O) groups excluding carboxylic acids is 1. The lowest BCUT2D eigenvalue weighted by Gasteiger charge is -2.13. The van der Waals surface area contributed by atoms with E-state index in [1.807, 2.05) is 18.2 Å². The molecule has 0 aliphatic carbocycles. The van der Waals surface area contributed by atoms with Gasteiger partial charge in [-0.25, -0.2) is 0 Å². The number of rotatable bonds is 1. The highest BCUT2D eigenvalue weighted by Gasteiger charge is 2.19. The van der Waals surface area contributed by atoms with Gasteiger partial charge in [0, 0.05) is 5.69 Å². The van der Waals surface area contributed by atoms with Crippen molar-refractivity contribution in [2.75, 3.05) is 5.32 Å². The van der Waals surface area contributed by atoms with Gasteiger partial charge >= 0.3 is 0 Å². The van der Waals surface area contributed by atoms with E-state index in [2.05, 4.69) is 11.4 Å². The summed E-state index contributed by atoms with van der Waals surface area (Å²) in [5.41, 5.74) is 7.62. The second-order valence-corrected chi connectivity index (χ2v) is 3.65. The van der Waals surface area contributed by atoms with E-state index in [4.69, 9.17) is 5.73 Å². The number of hydrogen-bond donors (Lipinski definition) is 2. The zero-order valence-electron chi connectivity index (χ0n) is 7.99. The lowest BCUT2D eigenvalue weighted by Crippen LogP contribution is -2.34. The highest BCUT2D eigenvalue weighted by Crippen LogP contribution is 2.23. The number of hydrogen-bond acceptors (Lipinski definition) is 2. The van der Waals surface area contributed by atoms with Crippen LogP contribution in [0.15, 0.2) is 24.3 Å². The van der Waals surface area contributed by atoms with Gasteiger partial charge in [0.15, 0.2) is 0 Å². The molecule has 0 bridgehead atoms. The van der Waals surface area contributed by atoms with Crippen LogP contribution in [0.25, 0.3) is 0 Å². The summed E-state index contributed by atoms with van der Waals surface area (Å²) in [6.45, 7) is 0. The molecule has 1 amide bonds. The summed E-state index contributed by atoms with van der Waals surface area (Å²) in [6.07, 6.45) is 2.86. The van der Waals surface area contributed by atoms with E-state index < -0.39 is 0 Å². The zero-order chi connectivity index (χ0) is 9.97. The van der Waals surface area contributed by atoms with Gasteiger partial charge in [0.05, 0.1) is 0 Å². The van der Waals surface area contributed by atoms with Crippen LogP contribution in [0.5, 0.6) is 0 Å². The zero-order valence-corrected chi connectivity index (χ0v) is 7.99. The number of anilines is 1. The molecule has 1 aliphatic rings. The van der Waals surface area contributed by atoms with E-state index >= 15 is 0 Å². The lowest BCUT2D eigenvalue weighted by molar-refractivity contribution is -0.118. The van der Waals surface area contributed by atoms with E-state index in [0.29, 0.717) is 0 Å². The average Bonchev–Trinajstić information content (AvgIpc) is 2.39. The minimum absolute atomic E-state index is 0.210. The van der Waals surface area contributed by atoms with Crippen molar-refractivity contribution in [3.63, 3.8) is 0 Å². The average molecular weight is 190 g/mol. The number of aryl methyl sites for hydroxylation is 1. The van der Waals surface area contributed by atoms with Gasteiger partial charge in [-0.2, -0.15) is 0 Å². The highest BCUT2D eigenvalue weighted by molar-refractivity contribution is 5.83. The summed E-state index contributed by atoms with van der Waals surface area (Å²) in [5.74, 6) is -0.262. The molecule has 1 heterocycles. The number of benzene rings is 1. The Labute approximate surface area is 83.3 Å². The molecule has 1 aromatic carbocycles. The van der Waals surface area contributed by atoms with Crippen molar-refractivity contribution < 1.29 is 4.79 Å². The molecule has 3 N–H and O–H groups in total. The lowest BCUT2D eigenvalue weighted by atomic mass is 10.1. The van der Waals surface area contributed by atoms with E-state index in [-0.39, 0.29) is 11.9 Å². The fraction of sp³-hybridized carbons (Fsp3) is 0.364. The minimum Gasteiger partial charge on any atom is -0.373 e. The van der Waals surface area contributed by atoms with Crippen molar-refractivity contribution in [3.8, 4) is 0 Å². The van der Waals surface area contributed by atoms with Crippen LogP contribution in [0.2, 0.25) is 0 Å². The standard InChI is InChI=1S/C11H14N2O/c12-11(14)10-7-3-5-8-4-1-2-6-9(8)13-10/h1-2,4,6,10,13H,3,5,7H2,(H2,12,14)/t10-/m0/s1. The number of fused-ring (bicyclic) bond motifs is 1. The molecule has 3 heteroatoms. The first-order valence-corrected chi connectivity index (χ1v) is 4.91. The molecule has 2 rings (SSSR count). The molecule has 74 valence electrons. The normalized spacial score (nSPS) is 20.4. The van der Waals surface area contributed by atoms with Crippen molar-refractivity contribution in [2.45, 2.75) is 25.3 Å². The number of nitrogens with one attached hydrogen (secondary N) is 1. The maximum Gasteiger partial charge on any atom is 0.239 e. The monoisotopic (exact) mass is 190 g/mol. The molecular formula is C11H14N2O. The van der Waals surface area contributed by atoms with Crippen molar-refractivity contribution in [3.05, 3.63) is 29.8 Å². The predicted molar refractivity (Wildman–Crippen MR) is 56.0 cm³/mol. The van der Waals surface area contributed by atoms with E-state index in [1.54, 1.807) is 0 Å². The van der Waals surface area contributed by atoms with Crippen LogP contribution in [0.3, 0.4) is 0 Å². The number of carbonyl (C=O) groups is 1. The number of para-hydroxylation sites is 1. The molecule has 1 aliphatic heterocycles. The van der Waals surface area contributed by atoms with E-state index in [9.17, 15) is 4.79 Å². The third-order valence-corrected chi connectivity index (χ3v) is 2.63. The fourth-order valence-electron chi connectivity index (χ4n) is 1.85. The first-order valence-electron chi connectivity index (χ1n) is 4.91. The Balaban J connectivity index is 2.26. The SMILES string of the molecule is NC(=O)[C@@H]1CCCc2ccccc2N1. The Morgan fingerprint density at radius 3 is 3.00 bits per heavy atom. The molecule has 0 fully saturated rings. The summed E-state index contributed by atoms with van der Waals surface area (Å²) >= 11 is 0. The van der Waals surface area contributed by atoms with Crippen LogP contribution in [0.4, 0.5) is 5.69 Å². The van der Waals surface area contributed by atoms with Crippen molar-refractivity contribution >= 4 is 11.6 Å². The van der Waals surface area contributed by atoms with Gasteiger partial charge in [-0.05, 0) is 30.9 Å². The van der Waals surface area contributed by atoms with Crippen LogP contribution < -0.4 is 11.1 Å². The van der Waals surface area contributed by atoms with E-state index in [1.165, 1.54) is 5.56 Å². The van der Waals surface area contributed by atoms with E-state index in [0.717, 1.165) is 24.9 Å². The van der Waals surface area contributed by atoms with Gasteiger partial charge in [0.1, 0.15) is 6.04 Å².